The van der Waals surface area contributed by atoms with Crippen molar-refractivity contribution in [1.82, 2.24) is 9.55 Å². The van der Waals surface area contributed by atoms with Gasteiger partial charge >= 0.3 is 0 Å². The summed E-state index contributed by atoms with van der Waals surface area (Å²) in [5.74, 6) is 0.404. The molecule has 2 rings (SSSR count). The molecule has 80 valence electrons. The molecule has 0 amide bonds. The van der Waals surface area contributed by atoms with E-state index < -0.39 is 0 Å². The number of imidazole rings is 1. The second-order valence-electron chi connectivity index (χ2n) is 3.92. The minimum Gasteiger partial charge on any atom is -0.331 e. The maximum atomic E-state index is 5.65. The molecule has 0 fully saturated rings. The van der Waals surface area contributed by atoms with Crippen LogP contribution in [0.2, 0.25) is 0 Å². The molecule has 1 heterocycles. The van der Waals surface area contributed by atoms with E-state index in [1.54, 1.807) is 0 Å². The maximum Gasteiger partial charge on any atom is 0.0958 e. The number of aromatic nitrogens is 2. The fourth-order valence-electron chi connectivity index (χ4n) is 1.78. The zero-order valence-corrected chi connectivity index (χ0v) is 9.27. The lowest BCUT2D eigenvalue weighted by Gasteiger charge is -2.08. The summed E-state index contributed by atoms with van der Waals surface area (Å²) in [6.07, 6.45) is 1.89. The second-order valence-corrected chi connectivity index (χ2v) is 3.92. The average molecular weight is 203 g/mol. The van der Waals surface area contributed by atoms with Gasteiger partial charge in [-0.25, -0.2) is 4.98 Å². The fraction of sp³-hybridized carbons (Fsp3) is 0.417. The third-order valence-electron chi connectivity index (χ3n) is 2.91. The second kappa shape index (κ2) is 4.03. The number of aryl methyl sites for hydroxylation is 1. The van der Waals surface area contributed by atoms with Crippen molar-refractivity contribution in [3.05, 3.63) is 30.1 Å². The molecule has 1 aromatic heterocycles. The standard InChI is InChI=1S/C12H17N3/c1-3-15-8-14-11-6-10(9(2)7-13)4-5-12(11)15/h4-6,8-9H,3,7,13H2,1-2H3. The van der Waals surface area contributed by atoms with Gasteiger partial charge in [-0.1, -0.05) is 13.0 Å². The van der Waals surface area contributed by atoms with Gasteiger partial charge in [0.25, 0.3) is 0 Å². The summed E-state index contributed by atoms with van der Waals surface area (Å²) in [6.45, 7) is 5.90. The lowest BCUT2D eigenvalue weighted by Crippen LogP contribution is -2.08. The van der Waals surface area contributed by atoms with Gasteiger partial charge in [0.2, 0.25) is 0 Å². The maximum absolute atomic E-state index is 5.65. The fourth-order valence-corrected chi connectivity index (χ4v) is 1.78. The van der Waals surface area contributed by atoms with Crippen LogP contribution in [0.1, 0.15) is 25.3 Å². The Kier molecular flexibility index (Phi) is 2.73. The molecule has 1 atom stereocenters. The number of rotatable bonds is 3. The van der Waals surface area contributed by atoms with Gasteiger partial charge in [0.15, 0.2) is 0 Å². The van der Waals surface area contributed by atoms with Gasteiger partial charge in [-0.2, -0.15) is 0 Å². The van der Waals surface area contributed by atoms with E-state index in [2.05, 4.69) is 41.6 Å². The SMILES string of the molecule is CCn1cnc2cc(C(C)CN)ccc21. The number of nitrogens with zero attached hydrogens (tertiary/aromatic N) is 2. The number of hydrogen-bond donors (Lipinski definition) is 1. The molecule has 0 aliphatic heterocycles. The van der Waals surface area contributed by atoms with Crippen molar-refractivity contribution in [3.8, 4) is 0 Å². The first-order valence-electron chi connectivity index (χ1n) is 5.41. The monoisotopic (exact) mass is 203 g/mol. The van der Waals surface area contributed by atoms with Crippen LogP contribution < -0.4 is 5.73 Å². The lowest BCUT2D eigenvalue weighted by molar-refractivity contribution is 0.773. The van der Waals surface area contributed by atoms with Crippen LogP contribution in [0.25, 0.3) is 11.0 Å². The van der Waals surface area contributed by atoms with E-state index in [0.29, 0.717) is 12.5 Å². The Balaban J connectivity index is 2.48. The predicted molar refractivity (Wildman–Crippen MR) is 62.9 cm³/mol. The molecule has 1 unspecified atom stereocenters. The van der Waals surface area contributed by atoms with Crippen LogP contribution in [-0.4, -0.2) is 16.1 Å². The molecule has 0 saturated carbocycles. The Morgan fingerprint density at radius 1 is 1.47 bits per heavy atom. The molecule has 3 heteroatoms. The van der Waals surface area contributed by atoms with Crippen molar-refractivity contribution < 1.29 is 0 Å². The molecule has 0 saturated heterocycles. The summed E-state index contributed by atoms with van der Waals surface area (Å²) in [7, 11) is 0. The normalized spacial score (nSPS) is 13.3. The first kappa shape index (κ1) is 10.2. The topological polar surface area (TPSA) is 43.8 Å². The molecule has 2 aromatic rings. The van der Waals surface area contributed by atoms with Crippen LogP contribution in [0.4, 0.5) is 0 Å². The van der Waals surface area contributed by atoms with Crippen LogP contribution in [0, 0.1) is 0 Å². The van der Waals surface area contributed by atoms with Gasteiger partial charge in [0, 0.05) is 6.54 Å². The summed E-state index contributed by atoms with van der Waals surface area (Å²) in [4.78, 5) is 4.39. The van der Waals surface area contributed by atoms with E-state index >= 15 is 0 Å². The molecule has 0 aliphatic rings. The van der Waals surface area contributed by atoms with Gasteiger partial charge in [0.1, 0.15) is 0 Å². The van der Waals surface area contributed by atoms with Gasteiger partial charge < -0.3 is 10.3 Å². The van der Waals surface area contributed by atoms with Crippen molar-refractivity contribution in [2.24, 2.45) is 5.73 Å². The Morgan fingerprint density at radius 3 is 2.93 bits per heavy atom. The van der Waals surface area contributed by atoms with E-state index in [1.165, 1.54) is 11.1 Å². The van der Waals surface area contributed by atoms with E-state index in [9.17, 15) is 0 Å². The van der Waals surface area contributed by atoms with Crippen LogP contribution in [0.15, 0.2) is 24.5 Å². The van der Waals surface area contributed by atoms with E-state index in [0.717, 1.165) is 12.1 Å². The molecule has 0 aliphatic carbocycles. The highest BCUT2D eigenvalue weighted by molar-refractivity contribution is 5.76. The summed E-state index contributed by atoms with van der Waals surface area (Å²) in [5.41, 5.74) is 9.19. The van der Waals surface area contributed by atoms with Crippen molar-refractivity contribution in [2.45, 2.75) is 26.3 Å². The lowest BCUT2D eigenvalue weighted by atomic mass is 10.0. The zero-order chi connectivity index (χ0) is 10.8. The molecule has 0 bridgehead atoms. The van der Waals surface area contributed by atoms with E-state index in [4.69, 9.17) is 5.73 Å². The Labute approximate surface area is 89.9 Å². The smallest absolute Gasteiger partial charge is 0.0958 e. The van der Waals surface area contributed by atoms with Gasteiger partial charge in [0.05, 0.1) is 17.4 Å². The van der Waals surface area contributed by atoms with Crippen LogP contribution >= 0.6 is 0 Å². The summed E-state index contributed by atoms with van der Waals surface area (Å²) in [6, 6.07) is 6.42. The van der Waals surface area contributed by atoms with E-state index in [-0.39, 0.29) is 0 Å². The van der Waals surface area contributed by atoms with Crippen LogP contribution in [0.3, 0.4) is 0 Å². The van der Waals surface area contributed by atoms with Crippen molar-refractivity contribution in [2.75, 3.05) is 6.54 Å². The number of nitrogens with two attached hydrogens (primary N) is 1. The first-order valence-corrected chi connectivity index (χ1v) is 5.41. The summed E-state index contributed by atoms with van der Waals surface area (Å²) >= 11 is 0. The minimum atomic E-state index is 0.404. The van der Waals surface area contributed by atoms with Gasteiger partial charge in [-0.15, -0.1) is 0 Å². The summed E-state index contributed by atoms with van der Waals surface area (Å²) < 4.78 is 2.15. The van der Waals surface area contributed by atoms with E-state index in [1.807, 2.05) is 6.33 Å². The molecule has 15 heavy (non-hydrogen) atoms. The average Bonchev–Trinajstić information content (AvgIpc) is 2.69. The number of fused-ring (bicyclic) bond motifs is 1. The van der Waals surface area contributed by atoms with Crippen LogP contribution in [0.5, 0.6) is 0 Å². The van der Waals surface area contributed by atoms with Gasteiger partial charge in [-0.05, 0) is 37.1 Å². The number of benzene rings is 1. The third-order valence-corrected chi connectivity index (χ3v) is 2.91. The summed E-state index contributed by atoms with van der Waals surface area (Å²) in [5, 5.41) is 0. The first-order chi connectivity index (χ1) is 7.26. The predicted octanol–water partition coefficient (Wildman–Crippen LogP) is 2.12. The van der Waals surface area contributed by atoms with Crippen molar-refractivity contribution in [3.63, 3.8) is 0 Å². The quantitative estimate of drug-likeness (QED) is 0.830. The molecule has 0 spiro atoms. The highest BCUT2D eigenvalue weighted by Crippen LogP contribution is 2.20. The van der Waals surface area contributed by atoms with Crippen LogP contribution in [-0.2, 0) is 6.54 Å². The third kappa shape index (κ3) is 1.75. The van der Waals surface area contributed by atoms with Crippen molar-refractivity contribution >= 4 is 11.0 Å². The molecular weight excluding hydrogens is 186 g/mol. The van der Waals surface area contributed by atoms with Gasteiger partial charge in [-0.3, -0.25) is 0 Å². The Hall–Kier alpha value is -1.35. The molecular formula is C12H17N3. The van der Waals surface area contributed by atoms with Crippen molar-refractivity contribution in [1.29, 1.82) is 0 Å². The molecule has 2 N–H and O–H groups in total. The Bertz CT molecular complexity index is 459. The number of hydrogen-bond acceptors (Lipinski definition) is 2. The molecule has 0 radical (unpaired) electrons. The minimum absolute atomic E-state index is 0.404. The largest absolute Gasteiger partial charge is 0.331 e. The molecule has 3 nitrogen and oxygen atoms in total. The highest BCUT2D eigenvalue weighted by atomic mass is 15.0. The highest BCUT2D eigenvalue weighted by Gasteiger charge is 2.06. The Morgan fingerprint density at radius 2 is 2.27 bits per heavy atom. The molecule has 1 aromatic carbocycles. The zero-order valence-electron chi connectivity index (χ0n) is 9.27.